The smallest absolute Gasteiger partial charge is 0.252 e. The molecule has 0 saturated carbocycles. The van der Waals surface area contributed by atoms with Crippen LogP contribution in [0.4, 0.5) is 5.13 Å². The Morgan fingerprint density at radius 1 is 1.08 bits per heavy atom. The third-order valence-corrected chi connectivity index (χ3v) is 7.60. The normalized spacial score (nSPS) is 14.3. The van der Waals surface area contributed by atoms with Crippen LogP contribution in [0.2, 0.25) is 0 Å². The number of benzene rings is 2. The summed E-state index contributed by atoms with van der Waals surface area (Å²) in [6.07, 6.45) is 4.20. The summed E-state index contributed by atoms with van der Waals surface area (Å²) < 4.78 is 22.9. The molecule has 2 heterocycles. The highest BCUT2D eigenvalue weighted by molar-refractivity contribution is 7.22. The van der Waals surface area contributed by atoms with E-state index < -0.39 is 0 Å². The molecule has 8 nitrogen and oxygen atoms in total. The molecule has 3 aromatic rings. The molecule has 0 N–H and O–H groups in total. The SMILES string of the molecule is COc1cc(/C=C/C(=O)N(CCCN2CCOCC2)c2nc3cc(C)cc(C)c3s2)cc(OC)c1OC. The van der Waals surface area contributed by atoms with Crippen molar-refractivity contribution in [2.24, 2.45) is 0 Å². The molecule has 1 aliphatic rings. The Kier molecular flexibility index (Phi) is 9.02. The van der Waals surface area contributed by atoms with E-state index in [1.165, 1.54) is 5.56 Å². The maximum absolute atomic E-state index is 13.5. The zero-order valence-corrected chi connectivity index (χ0v) is 23.0. The molecule has 4 rings (SSSR count). The zero-order valence-electron chi connectivity index (χ0n) is 22.2. The van der Waals surface area contributed by atoms with Crippen molar-refractivity contribution in [1.82, 2.24) is 9.88 Å². The van der Waals surface area contributed by atoms with Gasteiger partial charge in [0, 0.05) is 32.3 Å². The van der Waals surface area contributed by atoms with Crippen molar-refractivity contribution in [3.05, 3.63) is 47.0 Å². The van der Waals surface area contributed by atoms with Crippen molar-refractivity contribution in [3.8, 4) is 17.2 Å². The first kappa shape index (κ1) is 26.9. The number of carbonyl (C=O) groups excluding carboxylic acids is 1. The number of methoxy groups -OCH3 is 3. The van der Waals surface area contributed by atoms with E-state index in [-0.39, 0.29) is 5.91 Å². The van der Waals surface area contributed by atoms with Crippen LogP contribution in [0, 0.1) is 13.8 Å². The molecule has 2 aromatic carbocycles. The largest absolute Gasteiger partial charge is 0.493 e. The van der Waals surface area contributed by atoms with Crippen LogP contribution in [-0.4, -0.2) is 76.5 Å². The van der Waals surface area contributed by atoms with Crippen LogP contribution >= 0.6 is 11.3 Å². The van der Waals surface area contributed by atoms with E-state index in [0.29, 0.717) is 28.9 Å². The van der Waals surface area contributed by atoms with E-state index in [4.69, 9.17) is 23.9 Å². The lowest BCUT2D eigenvalue weighted by Crippen LogP contribution is -2.39. The van der Waals surface area contributed by atoms with Gasteiger partial charge in [-0.1, -0.05) is 17.4 Å². The minimum absolute atomic E-state index is 0.121. The number of amides is 1. The van der Waals surface area contributed by atoms with Crippen LogP contribution in [0.1, 0.15) is 23.1 Å². The summed E-state index contributed by atoms with van der Waals surface area (Å²) in [5.74, 6) is 1.46. The standard InChI is InChI=1S/C28H35N3O5S/c1-19-15-20(2)27-22(16-19)29-28(37-27)31(10-6-9-30-11-13-36-14-12-30)25(32)8-7-21-17-23(33-3)26(35-5)24(18-21)34-4/h7-8,15-18H,6,9-14H2,1-5H3/b8-7+. The molecule has 0 radical (unpaired) electrons. The molecule has 1 aliphatic heterocycles. The van der Waals surface area contributed by atoms with Gasteiger partial charge in [0.2, 0.25) is 5.75 Å². The first-order valence-corrected chi connectivity index (χ1v) is 13.2. The number of hydrogen-bond donors (Lipinski definition) is 0. The number of thiazole rings is 1. The van der Waals surface area contributed by atoms with Crippen LogP contribution in [0.5, 0.6) is 17.2 Å². The number of morpholine rings is 1. The van der Waals surface area contributed by atoms with Crippen molar-refractivity contribution in [3.63, 3.8) is 0 Å². The number of rotatable bonds is 10. The van der Waals surface area contributed by atoms with Gasteiger partial charge < -0.3 is 18.9 Å². The van der Waals surface area contributed by atoms with E-state index in [0.717, 1.165) is 60.6 Å². The topological polar surface area (TPSA) is 73.4 Å². The molecular formula is C28H35N3O5S. The number of hydrogen-bond acceptors (Lipinski definition) is 8. The summed E-state index contributed by atoms with van der Waals surface area (Å²) >= 11 is 1.56. The Bertz CT molecular complexity index is 1240. The average Bonchev–Trinajstić information content (AvgIpc) is 3.33. The quantitative estimate of drug-likeness (QED) is 0.355. The van der Waals surface area contributed by atoms with E-state index in [1.807, 2.05) is 12.1 Å². The van der Waals surface area contributed by atoms with Gasteiger partial charge in [0.15, 0.2) is 16.6 Å². The zero-order chi connectivity index (χ0) is 26.4. The van der Waals surface area contributed by atoms with Gasteiger partial charge in [-0.25, -0.2) is 4.98 Å². The molecule has 0 aliphatic carbocycles. The van der Waals surface area contributed by atoms with Crippen molar-refractivity contribution in [2.45, 2.75) is 20.3 Å². The summed E-state index contributed by atoms with van der Waals surface area (Å²) in [6, 6.07) is 7.86. The lowest BCUT2D eigenvalue weighted by molar-refractivity contribution is -0.114. The number of nitrogens with zero attached hydrogens (tertiary/aromatic N) is 3. The Hall–Kier alpha value is -3.14. The van der Waals surface area contributed by atoms with Gasteiger partial charge in [-0.05, 0) is 61.2 Å². The van der Waals surface area contributed by atoms with Gasteiger partial charge in [0.05, 0.1) is 44.8 Å². The Balaban J connectivity index is 1.59. The van der Waals surface area contributed by atoms with Gasteiger partial charge in [0.25, 0.3) is 5.91 Å². The van der Waals surface area contributed by atoms with Gasteiger partial charge >= 0.3 is 0 Å². The Morgan fingerprint density at radius 3 is 2.43 bits per heavy atom. The van der Waals surface area contributed by atoms with Gasteiger partial charge in [-0.2, -0.15) is 0 Å². The molecule has 1 amide bonds. The van der Waals surface area contributed by atoms with Crippen molar-refractivity contribution in [1.29, 1.82) is 0 Å². The van der Waals surface area contributed by atoms with E-state index >= 15 is 0 Å². The molecule has 1 saturated heterocycles. The average molecular weight is 526 g/mol. The monoisotopic (exact) mass is 525 g/mol. The summed E-state index contributed by atoms with van der Waals surface area (Å²) in [4.78, 5) is 22.6. The second kappa shape index (κ2) is 12.4. The van der Waals surface area contributed by atoms with Gasteiger partial charge in [-0.15, -0.1) is 0 Å². The van der Waals surface area contributed by atoms with E-state index in [2.05, 4.69) is 30.9 Å². The van der Waals surface area contributed by atoms with Crippen LogP contribution in [0.15, 0.2) is 30.3 Å². The summed E-state index contributed by atoms with van der Waals surface area (Å²) in [5.41, 5.74) is 4.03. The Morgan fingerprint density at radius 2 is 1.78 bits per heavy atom. The molecule has 9 heteroatoms. The highest BCUT2D eigenvalue weighted by Crippen LogP contribution is 2.38. The lowest BCUT2D eigenvalue weighted by Gasteiger charge is -2.27. The number of ether oxygens (including phenoxy) is 4. The maximum Gasteiger partial charge on any atom is 0.252 e. The first-order valence-electron chi connectivity index (χ1n) is 12.4. The van der Waals surface area contributed by atoms with Crippen LogP contribution in [0.3, 0.4) is 0 Å². The summed E-state index contributed by atoms with van der Waals surface area (Å²) in [7, 11) is 4.71. The molecule has 198 valence electrons. The predicted octanol–water partition coefficient (Wildman–Crippen LogP) is 4.71. The maximum atomic E-state index is 13.5. The molecule has 0 spiro atoms. The molecule has 0 unspecified atom stereocenters. The second-order valence-corrected chi connectivity index (χ2v) is 9.99. The predicted molar refractivity (Wildman–Crippen MR) is 148 cm³/mol. The van der Waals surface area contributed by atoms with Crippen molar-refractivity contribution >= 4 is 38.7 Å². The minimum atomic E-state index is -0.121. The van der Waals surface area contributed by atoms with Crippen molar-refractivity contribution in [2.75, 3.05) is 65.6 Å². The highest BCUT2D eigenvalue weighted by atomic mass is 32.1. The number of aryl methyl sites for hydroxylation is 2. The minimum Gasteiger partial charge on any atom is -0.493 e. The Labute approximate surface area is 222 Å². The van der Waals surface area contributed by atoms with Gasteiger partial charge in [-0.3, -0.25) is 14.6 Å². The fourth-order valence-electron chi connectivity index (χ4n) is 4.51. The number of carbonyl (C=O) groups is 1. The van der Waals surface area contributed by atoms with Crippen molar-refractivity contribution < 1.29 is 23.7 Å². The molecule has 37 heavy (non-hydrogen) atoms. The second-order valence-electron chi connectivity index (χ2n) is 9.02. The summed E-state index contributed by atoms with van der Waals surface area (Å²) in [5, 5.41) is 0.713. The molecular weight excluding hydrogens is 490 g/mol. The summed E-state index contributed by atoms with van der Waals surface area (Å²) in [6.45, 7) is 9.01. The van der Waals surface area contributed by atoms with Crippen LogP contribution in [-0.2, 0) is 9.53 Å². The first-order chi connectivity index (χ1) is 17.9. The third kappa shape index (κ3) is 6.41. The molecule has 1 aromatic heterocycles. The molecule has 0 bridgehead atoms. The lowest BCUT2D eigenvalue weighted by atomic mass is 10.1. The molecule has 1 fully saturated rings. The van der Waals surface area contributed by atoms with Crippen LogP contribution < -0.4 is 19.1 Å². The van der Waals surface area contributed by atoms with E-state index in [9.17, 15) is 4.79 Å². The molecule has 0 atom stereocenters. The number of anilines is 1. The number of fused-ring (bicyclic) bond motifs is 1. The van der Waals surface area contributed by atoms with E-state index in [1.54, 1.807) is 49.7 Å². The van der Waals surface area contributed by atoms with Crippen LogP contribution in [0.25, 0.3) is 16.3 Å². The van der Waals surface area contributed by atoms with Gasteiger partial charge in [0.1, 0.15) is 0 Å². The fraction of sp³-hybridized carbons (Fsp3) is 0.429. The fourth-order valence-corrected chi connectivity index (χ4v) is 5.56. The highest BCUT2D eigenvalue weighted by Gasteiger charge is 2.20. The number of aromatic nitrogens is 1. The third-order valence-electron chi connectivity index (χ3n) is 6.37.